The van der Waals surface area contributed by atoms with Gasteiger partial charge in [-0.15, -0.1) is 12.4 Å². The zero-order chi connectivity index (χ0) is 18.8. The molecule has 8 nitrogen and oxygen atoms in total. The number of benzene rings is 2. The summed E-state index contributed by atoms with van der Waals surface area (Å²) in [4.78, 5) is 34.3. The first-order chi connectivity index (χ1) is 12.4. The molecule has 0 bridgehead atoms. The zero-order valence-corrected chi connectivity index (χ0v) is 14.9. The van der Waals surface area contributed by atoms with Gasteiger partial charge in [0.25, 0.3) is 17.4 Å². The highest BCUT2D eigenvalue weighted by atomic mass is 35.5. The number of ether oxygens (including phenoxy) is 1. The van der Waals surface area contributed by atoms with E-state index in [0.717, 1.165) is 0 Å². The maximum atomic E-state index is 12.2. The number of ketones is 1. The van der Waals surface area contributed by atoms with Gasteiger partial charge >= 0.3 is 0 Å². The second-order valence-corrected chi connectivity index (χ2v) is 5.58. The molecule has 1 aliphatic rings. The van der Waals surface area contributed by atoms with Gasteiger partial charge in [0, 0.05) is 17.7 Å². The molecule has 0 saturated carbocycles. The lowest BCUT2D eigenvalue weighted by atomic mass is 9.95. The summed E-state index contributed by atoms with van der Waals surface area (Å²) in [5.41, 5.74) is 0.575. The first-order valence-corrected chi connectivity index (χ1v) is 7.59. The lowest BCUT2D eigenvalue weighted by Crippen LogP contribution is -2.21. The van der Waals surface area contributed by atoms with Crippen LogP contribution in [0.5, 0.6) is 5.75 Å². The summed E-state index contributed by atoms with van der Waals surface area (Å²) in [5.74, 6) is -1.45. The average molecular weight is 391 g/mol. The van der Waals surface area contributed by atoms with Gasteiger partial charge < -0.3 is 15.2 Å². The molecule has 1 amide bonds. The molecule has 3 rings (SSSR count). The number of hydrogen-bond acceptors (Lipinski definition) is 6. The van der Waals surface area contributed by atoms with Crippen LogP contribution in [0.4, 0.5) is 5.69 Å². The lowest BCUT2D eigenvalue weighted by molar-refractivity contribution is -0.384. The van der Waals surface area contributed by atoms with Gasteiger partial charge in [0.1, 0.15) is 11.5 Å². The normalized spacial score (nSPS) is 17.7. The molecule has 27 heavy (non-hydrogen) atoms. The number of nitro benzene ring substituents is 1. The summed E-state index contributed by atoms with van der Waals surface area (Å²) >= 11 is 0. The Morgan fingerprint density at radius 1 is 1.11 bits per heavy atom. The molecule has 9 heteroatoms. The predicted octanol–water partition coefficient (Wildman–Crippen LogP) is 2.73. The van der Waals surface area contributed by atoms with Gasteiger partial charge in [-0.05, 0) is 42.0 Å². The van der Waals surface area contributed by atoms with Crippen molar-refractivity contribution in [1.29, 1.82) is 0 Å². The molecule has 0 spiro atoms. The molecule has 2 aromatic carbocycles. The third-order valence-corrected chi connectivity index (χ3v) is 4.07. The molecule has 1 unspecified atom stereocenters. The number of hydrogen-bond donors (Lipinski definition) is 2. The standard InChI is InChI=1S/C18H14N2O6.ClH/c1-26-13-8-4-11(5-9-13)16(21)14-15(19-18(23)17(14)22)10-2-6-12(7-3-10)20(24)25;/h2-9,15,21H,1H3,(H,19,23);1H/b16-14+;. The Hall–Kier alpha value is -3.39. The van der Waals surface area contributed by atoms with E-state index in [1.54, 1.807) is 24.3 Å². The number of non-ortho nitro benzene ring substituents is 1. The Kier molecular flexibility index (Phi) is 5.81. The topological polar surface area (TPSA) is 119 Å². The molecule has 0 aromatic heterocycles. The Morgan fingerprint density at radius 3 is 2.22 bits per heavy atom. The van der Waals surface area contributed by atoms with E-state index in [4.69, 9.17) is 4.74 Å². The predicted molar refractivity (Wildman–Crippen MR) is 98.8 cm³/mol. The quantitative estimate of drug-likeness (QED) is 0.272. The van der Waals surface area contributed by atoms with E-state index < -0.39 is 22.7 Å². The molecule has 0 radical (unpaired) electrons. The summed E-state index contributed by atoms with van der Waals surface area (Å²) in [6.07, 6.45) is 0. The maximum absolute atomic E-state index is 12.2. The molecule has 2 aromatic rings. The van der Waals surface area contributed by atoms with Gasteiger partial charge in [-0.3, -0.25) is 19.7 Å². The number of aliphatic hydroxyl groups is 1. The average Bonchev–Trinajstić information content (AvgIpc) is 2.96. The molecule has 2 N–H and O–H groups in total. The Morgan fingerprint density at radius 2 is 1.70 bits per heavy atom. The number of rotatable bonds is 4. The van der Waals surface area contributed by atoms with Crippen LogP contribution >= 0.6 is 12.4 Å². The van der Waals surface area contributed by atoms with Crippen molar-refractivity contribution in [3.8, 4) is 5.75 Å². The molecular weight excluding hydrogens is 376 g/mol. The third-order valence-electron chi connectivity index (χ3n) is 4.07. The van der Waals surface area contributed by atoms with Crippen molar-refractivity contribution in [2.75, 3.05) is 7.11 Å². The first kappa shape index (κ1) is 19.9. The van der Waals surface area contributed by atoms with Gasteiger partial charge in [0.2, 0.25) is 0 Å². The highest BCUT2D eigenvalue weighted by Crippen LogP contribution is 2.33. The minimum Gasteiger partial charge on any atom is -0.507 e. The number of nitrogens with one attached hydrogen (secondary N) is 1. The monoisotopic (exact) mass is 390 g/mol. The molecule has 1 aliphatic heterocycles. The number of carbonyl (C=O) groups is 2. The van der Waals surface area contributed by atoms with Gasteiger partial charge in [-0.2, -0.15) is 0 Å². The van der Waals surface area contributed by atoms with Crippen LogP contribution < -0.4 is 10.1 Å². The van der Waals surface area contributed by atoms with Crippen LogP contribution in [0.3, 0.4) is 0 Å². The van der Waals surface area contributed by atoms with Crippen LogP contribution in [0, 0.1) is 10.1 Å². The number of methoxy groups -OCH3 is 1. The molecule has 1 fully saturated rings. The van der Waals surface area contributed by atoms with E-state index in [9.17, 15) is 24.8 Å². The highest BCUT2D eigenvalue weighted by Gasteiger charge is 2.39. The minimum absolute atomic E-state index is 0. The number of amides is 1. The molecule has 1 heterocycles. The van der Waals surface area contributed by atoms with Crippen LogP contribution in [0.1, 0.15) is 17.2 Å². The highest BCUT2D eigenvalue weighted by molar-refractivity contribution is 6.46. The van der Waals surface area contributed by atoms with Crippen molar-refractivity contribution in [1.82, 2.24) is 5.32 Å². The molecule has 0 aliphatic carbocycles. The van der Waals surface area contributed by atoms with Gasteiger partial charge in [0.15, 0.2) is 0 Å². The van der Waals surface area contributed by atoms with Crippen molar-refractivity contribution in [2.24, 2.45) is 0 Å². The fourth-order valence-electron chi connectivity index (χ4n) is 2.71. The largest absolute Gasteiger partial charge is 0.507 e. The SMILES string of the molecule is COc1ccc(/C(O)=C2\C(=O)C(=O)NC2c2ccc([N+](=O)[O-])cc2)cc1.Cl. The summed E-state index contributed by atoms with van der Waals surface area (Å²) in [6, 6.07) is 10.9. The third kappa shape index (κ3) is 3.75. The smallest absolute Gasteiger partial charge is 0.293 e. The van der Waals surface area contributed by atoms with Crippen molar-refractivity contribution in [3.63, 3.8) is 0 Å². The molecule has 140 valence electrons. The van der Waals surface area contributed by atoms with Gasteiger partial charge in [-0.25, -0.2) is 0 Å². The van der Waals surface area contributed by atoms with Crippen LogP contribution in [-0.2, 0) is 9.59 Å². The molecule has 1 atom stereocenters. The Labute approximate surface area is 160 Å². The summed E-state index contributed by atoms with van der Waals surface area (Å²) < 4.78 is 5.05. The van der Waals surface area contributed by atoms with E-state index in [1.165, 1.54) is 31.4 Å². The number of nitro groups is 1. The summed E-state index contributed by atoms with van der Waals surface area (Å²) in [5, 5.41) is 23.8. The summed E-state index contributed by atoms with van der Waals surface area (Å²) in [7, 11) is 1.50. The lowest BCUT2D eigenvalue weighted by Gasteiger charge is -2.13. The maximum Gasteiger partial charge on any atom is 0.293 e. The van der Waals surface area contributed by atoms with Gasteiger partial charge in [0.05, 0.1) is 23.6 Å². The second-order valence-electron chi connectivity index (χ2n) is 5.58. The van der Waals surface area contributed by atoms with Crippen LogP contribution in [0.2, 0.25) is 0 Å². The number of aliphatic hydroxyl groups excluding tert-OH is 1. The zero-order valence-electron chi connectivity index (χ0n) is 14.0. The van der Waals surface area contributed by atoms with Crippen molar-refractivity contribution in [3.05, 3.63) is 75.3 Å². The first-order valence-electron chi connectivity index (χ1n) is 7.59. The van der Waals surface area contributed by atoms with E-state index in [0.29, 0.717) is 16.9 Å². The number of halogens is 1. The van der Waals surface area contributed by atoms with Crippen molar-refractivity contribution < 1.29 is 24.4 Å². The second kappa shape index (κ2) is 7.88. The number of Topliss-reactive ketones (excluding diaryl/α,β-unsaturated/α-hetero) is 1. The van der Waals surface area contributed by atoms with Crippen molar-refractivity contribution in [2.45, 2.75) is 6.04 Å². The minimum atomic E-state index is -0.891. The van der Waals surface area contributed by atoms with Crippen molar-refractivity contribution >= 4 is 35.5 Å². The van der Waals surface area contributed by atoms with E-state index in [-0.39, 0.29) is 29.4 Å². The van der Waals surface area contributed by atoms with Crippen LogP contribution in [-0.4, -0.2) is 28.8 Å². The Balaban J connectivity index is 0.00000261. The summed E-state index contributed by atoms with van der Waals surface area (Å²) in [6.45, 7) is 0. The fraction of sp³-hybridized carbons (Fsp3) is 0.111. The van der Waals surface area contributed by atoms with E-state index in [1.807, 2.05) is 0 Å². The number of carbonyl (C=O) groups excluding carboxylic acids is 2. The van der Waals surface area contributed by atoms with Crippen LogP contribution in [0.15, 0.2) is 54.1 Å². The Bertz CT molecular complexity index is 922. The van der Waals surface area contributed by atoms with E-state index >= 15 is 0 Å². The fourth-order valence-corrected chi connectivity index (χ4v) is 2.71. The van der Waals surface area contributed by atoms with Gasteiger partial charge in [-0.1, -0.05) is 0 Å². The molecule has 1 saturated heterocycles. The van der Waals surface area contributed by atoms with E-state index in [2.05, 4.69) is 5.32 Å². The molecular formula is C18H15ClN2O6. The number of nitrogens with zero attached hydrogens (tertiary/aromatic N) is 1. The van der Waals surface area contributed by atoms with Crippen LogP contribution in [0.25, 0.3) is 5.76 Å².